The minimum atomic E-state index is -4.92. The highest BCUT2D eigenvalue weighted by atomic mass is 32.1. The van der Waals surface area contributed by atoms with Gasteiger partial charge in [0, 0.05) is 35.9 Å². The molecule has 1 saturated heterocycles. The lowest BCUT2D eigenvalue weighted by molar-refractivity contribution is -0.143. The van der Waals surface area contributed by atoms with Crippen LogP contribution >= 0.6 is 11.3 Å². The third-order valence-electron chi connectivity index (χ3n) is 6.29. The number of thiazole rings is 1. The Morgan fingerprint density at radius 2 is 1.65 bits per heavy atom. The third-order valence-corrected chi connectivity index (χ3v) is 7.50. The molecule has 0 N–H and O–H groups in total. The number of imidazole rings is 1. The van der Waals surface area contributed by atoms with Crippen molar-refractivity contribution >= 4 is 28.4 Å². The number of benzene rings is 1. The summed E-state index contributed by atoms with van der Waals surface area (Å²) in [7, 11) is 0. The fraction of sp³-hybridized carbons (Fsp3) is 0.333. The van der Waals surface area contributed by atoms with E-state index >= 15 is 0 Å². The molecule has 3 aromatic heterocycles. The van der Waals surface area contributed by atoms with E-state index in [1.807, 2.05) is 0 Å². The third kappa shape index (κ3) is 5.31. The van der Waals surface area contributed by atoms with E-state index in [2.05, 4.69) is 15.0 Å². The predicted octanol–water partition coefficient (Wildman–Crippen LogP) is 6.00. The number of hydrogen-bond donors (Lipinski definition) is 0. The molecule has 5 rings (SSSR count). The van der Waals surface area contributed by atoms with Crippen LogP contribution in [0.2, 0.25) is 0 Å². The van der Waals surface area contributed by atoms with E-state index in [-0.39, 0.29) is 35.0 Å². The second-order valence-electron chi connectivity index (χ2n) is 8.74. The molecular weight excluding hydrogens is 520 g/mol. The van der Waals surface area contributed by atoms with Gasteiger partial charge in [-0.3, -0.25) is 4.79 Å². The van der Waals surface area contributed by atoms with E-state index in [1.54, 1.807) is 34.1 Å². The van der Waals surface area contributed by atoms with Crippen molar-refractivity contribution in [3.05, 3.63) is 65.1 Å². The molecule has 1 amide bonds. The number of rotatable bonds is 4. The van der Waals surface area contributed by atoms with Crippen molar-refractivity contribution in [1.82, 2.24) is 24.4 Å². The van der Waals surface area contributed by atoms with Gasteiger partial charge in [-0.05, 0) is 49.1 Å². The predicted molar refractivity (Wildman–Crippen MR) is 124 cm³/mol. The number of alkyl halides is 6. The number of fused-ring (bicyclic) bond motifs is 1. The van der Waals surface area contributed by atoms with Crippen LogP contribution in [-0.2, 0) is 23.7 Å². The number of halogens is 6. The van der Waals surface area contributed by atoms with Gasteiger partial charge in [-0.25, -0.2) is 15.0 Å². The van der Waals surface area contributed by atoms with Crippen molar-refractivity contribution in [1.29, 1.82) is 0 Å². The Kier molecular flexibility index (Phi) is 6.42. The number of carbonyl (C=O) groups excluding carboxylic acids is 1. The van der Waals surface area contributed by atoms with Gasteiger partial charge in [-0.1, -0.05) is 0 Å². The molecular formula is C24H19F6N5OS. The first-order valence-electron chi connectivity index (χ1n) is 11.3. The molecule has 1 fully saturated rings. The summed E-state index contributed by atoms with van der Waals surface area (Å²) in [4.78, 5) is 27.9. The molecule has 1 aliphatic rings. The molecule has 6 nitrogen and oxygen atoms in total. The number of likely N-dealkylation sites (tertiary alicyclic amines) is 1. The van der Waals surface area contributed by atoms with Crippen LogP contribution in [0.25, 0.3) is 21.7 Å². The van der Waals surface area contributed by atoms with Crippen molar-refractivity contribution in [2.45, 2.75) is 37.7 Å². The topological polar surface area (TPSA) is 63.9 Å². The van der Waals surface area contributed by atoms with E-state index in [9.17, 15) is 31.1 Å². The van der Waals surface area contributed by atoms with Gasteiger partial charge in [0.25, 0.3) is 0 Å². The molecule has 1 aliphatic heterocycles. The smallest absolute Gasteiger partial charge is 0.341 e. The summed E-state index contributed by atoms with van der Waals surface area (Å²) < 4.78 is 81.0. The molecule has 0 aliphatic carbocycles. The first-order valence-corrected chi connectivity index (χ1v) is 12.1. The van der Waals surface area contributed by atoms with Gasteiger partial charge in [0.1, 0.15) is 17.1 Å². The quantitative estimate of drug-likeness (QED) is 0.299. The van der Waals surface area contributed by atoms with Gasteiger partial charge >= 0.3 is 12.4 Å². The van der Waals surface area contributed by atoms with Crippen molar-refractivity contribution in [2.75, 3.05) is 13.1 Å². The van der Waals surface area contributed by atoms with Crippen molar-refractivity contribution in [3.8, 4) is 10.6 Å². The van der Waals surface area contributed by atoms with Gasteiger partial charge in [0.05, 0.1) is 17.5 Å². The molecule has 0 radical (unpaired) electrons. The maximum Gasteiger partial charge on any atom is 0.416 e. The van der Waals surface area contributed by atoms with Gasteiger partial charge in [-0.15, -0.1) is 11.3 Å². The fourth-order valence-electron chi connectivity index (χ4n) is 4.36. The number of aromatic nitrogens is 4. The molecule has 0 unspecified atom stereocenters. The molecule has 0 bridgehead atoms. The monoisotopic (exact) mass is 539 g/mol. The van der Waals surface area contributed by atoms with E-state index in [0.717, 1.165) is 16.2 Å². The Hall–Kier alpha value is -3.48. The maximum absolute atomic E-state index is 13.2. The highest BCUT2D eigenvalue weighted by molar-refractivity contribution is 7.15. The molecule has 0 saturated carbocycles. The van der Waals surface area contributed by atoms with Crippen LogP contribution in [0.4, 0.5) is 26.3 Å². The number of carbonyl (C=O) groups is 1. The van der Waals surface area contributed by atoms with Crippen LogP contribution in [0.5, 0.6) is 0 Å². The van der Waals surface area contributed by atoms with Crippen LogP contribution in [0.1, 0.15) is 34.8 Å². The second kappa shape index (κ2) is 9.43. The largest absolute Gasteiger partial charge is 0.416 e. The molecule has 1 aromatic carbocycles. The molecule has 37 heavy (non-hydrogen) atoms. The number of nitrogens with zero attached hydrogens (tertiary/aromatic N) is 5. The number of amides is 1. The van der Waals surface area contributed by atoms with Crippen LogP contribution < -0.4 is 0 Å². The summed E-state index contributed by atoms with van der Waals surface area (Å²) in [6.07, 6.45) is -3.94. The number of piperidine rings is 1. The molecule has 13 heteroatoms. The van der Waals surface area contributed by atoms with Gasteiger partial charge in [-0.2, -0.15) is 26.3 Å². The van der Waals surface area contributed by atoms with Crippen molar-refractivity contribution in [3.63, 3.8) is 0 Å². The first kappa shape index (κ1) is 25.2. The molecule has 4 aromatic rings. The number of hydrogen-bond acceptors (Lipinski definition) is 5. The standard InChI is InChI=1S/C24H19F6N5OS/c25-23(26,27)16-8-15(9-17(10-16)24(28,29)30)22-32-11-19(37-22)14-3-6-34(7-4-14)20(36)12-35-13-33-18-2-1-5-31-21(18)35/h1-2,5,8-11,13-14H,3-4,6-7,12H2. The van der Waals surface area contributed by atoms with Crippen LogP contribution in [-0.4, -0.2) is 43.4 Å². The average Bonchev–Trinajstić information content (AvgIpc) is 3.51. The molecule has 194 valence electrons. The van der Waals surface area contributed by atoms with Gasteiger partial charge in [0.15, 0.2) is 5.65 Å². The Labute approximate surface area is 210 Å². The number of pyridine rings is 1. The maximum atomic E-state index is 13.2. The van der Waals surface area contributed by atoms with Crippen LogP contribution in [0.3, 0.4) is 0 Å². The summed E-state index contributed by atoms with van der Waals surface area (Å²) in [5, 5.41) is 0.0876. The molecule has 0 spiro atoms. The first-order chi connectivity index (χ1) is 17.5. The van der Waals surface area contributed by atoms with E-state index in [4.69, 9.17) is 0 Å². The summed E-state index contributed by atoms with van der Waals surface area (Å²) in [5.74, 6) is -0.0871. The van der Waals surface area contributed by atoms with Crippen LogP contribution in [0, 0.1) is 0 Å². The normalized spacial score (nSPS) is 15.5. The Balaban J connectivity index is 1.27. The molecule has 0 atom stereocenters. The molecule has 4 heterocycles. The van der Waals surface area contributed by atoms with E-state index < -0.39 is 23.5 Å². The van der Waals surface area contributed by atoms with Crippen molar-refractivity contribution in [2.24, 2.45) is 0 Å². The van der Waals surface area contributed by atoms with Gasteiger partial charge in [0.2, 0.25) is 5.91 Å². The van der Waals surface area contributed by atoms with Gasteiger partial charge < -0.3 is 9.47 Å². The average molecular weight is 540 g/mol. The summed E-state index contributed by atoms with van der Waals surface area (Å²) in [6.45, 7) is 1.04. The lowest BCUT2D eigenvalue weighted by Gasteiger charge is -2.31. The Morgan fingerprint density at radius 3 is 2.30 bits per heavy atom. The van der Waals surface area contributed by atoms with Crippen LogP contribution in [0.15, 0.2) is 49.1 Å². The Bertz CT molecular complexity index is 1400. The minimum Gasteiger partial charge on any atom is -0.341 e. The SMILES string of the molecule is O=C(Cn1cnc2cccnc21)N1CCC(c2cnc(-c3cc(C(F)(F)F)cc(C(F)(F)F)c3)s2)CC1. The highest BCUT2D eigenvalue weighted by Crippen LogP contribution is 2.41. The minimum absolute atomic E-state index is 0.000993. The van der Waals surface area contributed by atoms with E-state index in [1.165, 1.54) is 6.20 Å². The highest BCUT2D eigenvalue weighted by Gasteiger charge is 2.37. The lowest BCUT2D eigenvalue weighted by Crippen LogP contribution is -2.39. The zero-order valence-corrected chi connectivity index (χ0v) is 19.9. The zero-order valence-electron chi connectivity index (χ0n) is 19.1. The Morgan fingerprint density at radius 1 is 0.973 bits per heavy atom. The second-order valence-corrected chi connectivity index (χ2v) is 9.80. The zero-order chi connectivity index (χ0) is 26.4. The van der Waals surface area contributed by atoms with E-state index in [0.29, 0.717) is 49.2 Å². The summed E-state index contributed by atoms with van der Waals surface area (Å²) >= 11 is 1.08. The summed E-state index contributed by atoms with van der Waals surface area (Å²) in [6, 6.07) is 5.05. The van der Waals surface area contributed by atoms with Crippen molar-refractivity contribution < 1.29 is 31.1 Å². The summed E-state index contributed by atoms with van der Waals surface area (Å²) in [5.41, 5.74) is -1.67. The lowest BCUT2D eigenvalue weighted by atomic mass is 9.96. The fourth-order valence-corrected chi connectivity index (χ4v) is 5.43.